The molecular weight excluding hydrogens is 324 g/mol. The van der Waals surface area contributed by atoms with E-state index in [0.29, 0.717) is 22.9 Å². The molecule has 3 nitrogen and oxygen atoms in total. The van der Waals surface area contributed by atoms with E-state index in [4.69, 9.17) is 21.1 Å². The Kier molecular flexibility index (Phi) is 4.91. The van der Waals surface area contributed by atoms with E-state index in [0.717, 1.165) is 23.1 Å². The maximum absolute atomic E-state index is 12.3. The summed E-state index contributed by atoms with van der Waals surface area (Å²) in [5.41, 5.74) is 3.01. The van der Waals surface area contributed by atoms with Gasteiger partial charge in [0.1, 0.15) is 0 Å². The number of ketones is 1. The number of allylic oxidation sites excluding steroid dienone is 2. The van der Waals surface area contributed by atoms with Crippen molar-refractivity contribution < 1.29 is 14.3 Å². The number of ether oxygens (including phenoxy) is 2. The molecule has 2 aromatic carbocycles. The summed E-state index contributed by atoms with van der Waals surface area (Å²) < 4.78 is 10.9. The lowest BCUT2D eigenvalue weighted by molar-refractivity contribution is -0.115. The lowest BCUT2D eigenvalue weighted by Crippen LogP contribution is -2.13. The summed E-state index contributed by atoms with van der Waals surface area (Å²) in [6, 6.07) is 13.4. The summed E-state index contributed by atoms with van der Waals surface area (Å²) in [4.78, 5) is 12.3. The predicted octanol–water partition coefficient (Wildman–Crippen LogP) is 4.89. The second-order valence-corrected chi connectivity index (χ2v) is 6.27. The van der Waals surface area contributed by atoms with E-state index in [9.17, 15) is 4.79 Å². The topological polar surface area (TPSA) is 35.5 Å². The average Bonchev–Trinajstić information content (AvgIpc) is 2.61. The maximum atomic E-state index is 12.3. The molecule has 0 N–H and O–H groups in total. The first kappa shape index (κ1) is 16.6. The van der Waals surface area contributed by atoms with E-state index in [-0.39, 0.29) is 11.7 Å². The zero-order valence-electron chi connectivity index (χ0n) is 13.7. The number of methoxy groups -OCH3 is 2. The third-order valence-corrected chi connectivity index (χ3v) is 4.59. The lowest BCUT2D eigenvalue weighted by atomic mass is 9.81. The third kappa shape index (κ3) is 3.31. The van der Waals surface area contributed by atoms with Crippen molar-refractivity contribution in [3.8, 4) is 11.5 Å². The molecule has 0 saturated carbocycles. The molecule has 1 atom stereocenters. The van der Waals surface area contributed by atoms with Crippen molar-refractivity contribution in [3.05, 3.63) is 64.7 Å². The van der Waals surface area contributed by atoms with Crippen LogP contribution in [0.25, 0.3) is 5.57 Å². The number of rotatable bonds is 4. The fourth-order valence-corrected chi connectivity index (χ4v) is 3.32. The SMILES string of the molecule is COc1cccc(C2=CC(=O)C[C@H](c3ccc(Cl)cc3)C2)c1OC. The molecule has 0 radical (unpaired) electrons. The maximum Gasteiger partial charge on any atom is 0.168 e. The van der Waals surface area contributed by atoms with Crippen molar-refractivity contribution in [2.45, 2.75) is 18.8 Å². The molecule has 3 rings (SSSR count). The fraction of sp³-hybridized carbons (Fsp3) is 0.250. The van der Waals surface area contributed by atoms with Gasteiger partial charge in [0.25, 0.3) is 0 Å². The molecule has 2 aromatic rings. The largest absolute Gasteiger partial charge is 0.493 e. The molecule has 0 heterocycles. The number of carbonyl (C=O) groups excluding carboxylic acids is 1. The zero-order valence-corrected chi connectivity index (χ0v) is 14.5. The molecule has 0 aromatic heterocycles. The summed E-state index contributed by atoms with van der Waals surface area (Å²) in [5, 5.41) is 0.700. The van der Waals surface area contributed by atoms with E-state index in [1.165, 1.54) is 0 Å². The average molecular weight is 343 g/mol. The molecule has 0 spiro atoms. The fourth-order valence-electron chi connectivity index (χ4n) is 3.19. The third-order valence-electron chi connectivity index (χ3n) is 4.34. The van der Waals surface area contributed by atoms with Gasteiger partial charge in [-0.25, -0.2) is 0 Å². The molecular formula is C20H19ClO3. The van der Waals surface area contributed by atoms with Gasteiger partial charge in [0, 0.05) is 17.0 Å². The number of hydrogen-bond acceptors (Lipinski definition) is 3. The Balaban J connectivity index is 1.97. The van der Waals surface area contributed by atoms with Crippen LogP contribution >= 0.6 is 11.6 Å². The number of para-hydroxylation sites is 1. The van der Waals surface area contributed by atoms with Crippen molar-refractivity contribution in [3.63, 3.8) is 0 Å². The molecule has 0 unspecified atom stereocenters. The van der Waals surface area contributed by atoms with E-state index >= 15 is 0 Å². The van der Waals surface area contributed by atoms with Crippen LogP contribution in [0.5, 0.6) is 11.5 Å². The molecule has 0 saturated heterocycles. The van der Waals surface area contributed by atoms with Crippen molar-refractivity contribution in [2.24, 2.45) is 0 Å². The van der Waals surface area contributed by atoms with Crippen LogP contribution in [0.1, 0.15) is 29.9 Å². The van der Waals surface area contributed by atoms with Gasteiger partial charge in [-0.05, 0) is 47.8 Å². The van der Waals surface area contributed by atoms with Crippen LogP contribution in [-0.2, 0) is 4.79 Å². The second kappa shape index (κ2) is 7.10. The minimum atomic E-state index is 0.126. The van der Waals surface area contributed by atoms with Crippen LogP contribution in [0.3, 0.4) is 0 Å². The van der Waals surface area contributed by atoms with Crippen LogP contribution in [0.15, 0.2) is 48.5 Å². The minimum absolute atomic E-state index is 0.126. The van der Waals surface area contributed by atoms with Crippen molar-refractivity contribution >= 4 is 23.0 Å². The highest BCUT2D eigenvalue weighted by molar-refractivity contribution is 6.30. The van der Waals surface area contributed by atoms with Gasteiger partial charge >= 0.3 is 0 Å². The van der Waals surface area contributed by atoms with Crippen molar-refractivity contribution in [1.82, 2.24) is 0 Å². The summed E-state index contributed by atoms with van der Waals surface area (Å²) in [5.74, 6) is 1.60. The normalized spacial score (nSPS) is 17.4. The van der Waals surface area contributed by atoms with E-state index in [1.54, 1.807) is 20.3 Å². The Labute approximate surface area is 146 Å². The standard InChI is InChI=1S/C20H19ClO3/c1-23-19-5-3-4-18(20(19)24-2)15-10-14(11-17(22)12-15)13-6-8-16(21)9-7-13/h3-9,12,14H,10-11H2,1-2H3/t14-/m1/s1. The number of carbonyl (C=O) groups is 1. The Morgan fingerprint density at radius 1 is 1.00 bits per heavy atom. The molecule has 24 heavy (non-hydrogen) atoms. The van der Waals surface area contributed by atoms with Crippen LogP contribution in [0, 0.1) is 0 Å². The molecule has 124 valence electrons. The Morgan fingerprint density at radius 2 is 1.75 bits per heavy atom. The summed E-state index contributed by atoms with van der Waals surface area (Å²) in [6.45, 7) is 0. The molecule has 4 heteroatoms. The number of hydrogen-bond donors (Lipinski definition) is 0. The highest BCUT2D eigenvalue weighted by Gasteiger charge is 2.25. The predicted molar refractivity (Wildman–Crippen MR) is 96.0 cm³/mol. The minimum Gasteiger partial charge on any atom is -0.493 e. The monoisotopic (exact) mass is 342 g/mol. The van der Waals surface area contributed by atoms with Crippen LogP contribution < -0.4 is 9.47 Å². The quantitative estimate of drug-likeness (QED) is 0.793. The van der Waals surface area contributed by atoms with Gasteiger partial charge in [-0.15, -0.1) is 0 Å². The molecule has 1 aliphatic rings. The molecule has 0 bridgehead atoms. The van der Waals surface area contributed by atoms with Gasteiger partial charge in [-0.1, -0.05) is 35.9 Å². The van der Waals surface area contributed by atoms with E-state index < -0.39 is 0 Å². The van der Waals surface area contributed by atoms with Gasteiger partial charge < -0.3 is 9.47 Å². The van der Waals surface area contributed by atoms with Crippen molar-refractivity contribution in [2.75, 3.05) is 14.2 Å². The summed E-state index contributed by atoms with van der Waals surface area (Å²) >= 11 is 5.97. The summed E-state index contributed by atoms with van der Waals surface area (Å²) in [7, 11) is 3.22. The number of benzene rings is 2. The second-order valence-electron chi connectivity index (χ2n) is 5.83. The van der Waals surface area contributed by atoms with Gasteiger partial charge in [0.2, 0.25) is 0 Å². The van der Waals surface area contributed by atoms with Gasteiger partial charge in [0.05, 0.1) is 14.2 Å². The van der Waals surface area contributed by atoms with Crippen LogP contribution in [0.2, 0.25) is 5.02 Å². The highest BCUT2D eigenvalue weighted by atomic mass is 35.5. The zero-order chi connectivity index (χ0) is 17.1. The van der Waals surface area contributed by atoms with Crippen LogP contribution in [-0.4, -0.2) is 20.0 Å². The molecule has 1 aliphatic carbocycles. The first-order valence-corrected chi connectivity index (χ1v) is 8.20. The van der Waals surface area contributed by atoms with E-state index in [2.05, 4.69) is 0 Å². The smallest absolute Gasteiger partial charge is 0.168 e. The summed E-state index contributed by atoms with van der Waals surface area (Å²) in [6.07, 6.45) is 3.01. The van der Waals surface area contributed by atoms with Crippen molar-refractivity contribution in [1.29, 1.82) is 0 Å². The highest BCUT2D eigenvalue weighted by Crippen LogP contribution is 2.42. The number of halogens is 1. The lowest BCUT2D eigenvalue weighted by Gasteiger charge is -2.24. The van der Waals surface area contributed by atoms with Crippen LogP contribution in [0.4, 0.5) is 0 Å². The Morgan fingerprint density at radius 3 is 2.42 bits per heavy atom. The first-order valence-electron chi connectivity index (χ1n) is 7.82. The van der Waals surface area contributed by atoms with Gasteiger partial charge in [0.15, 0.2) is 17.3 Å². The molecule has 0 aliphatic heterocycles. The Bertz CT molecular complexity index is 778. The van der Waals surface area contributed by atoms with E-state index in [1.807, 2.05) is 42.5 Å². The van der Waals surface area contributed by atoms with Gasteiger partial charge in [-0.3, -0.25) is 4.79 Å². The molecule has 0 fully saturated rings. The van der Waals surface area contributed by atoms with Gasteiger partial charge in [-0.2, -0.15) is 0 Å². The Hall–Kier alpha value is -2.26. The first-order chi connectivity index (χ1) is 11.6. The molecule has 0 amide bonds.